The minimum Gasteiger partial charge on any atom is -0.321 e. The second kappa shape index (κ2) is 5.97. The number of pyridine rings is 1. The lowest BCUT2D eigenvalue weighted by Gasteiger charge is -2.13. The zero-order chi connectivity index (χ0) is 13.8. The molecule has 0 fully saturated rings. The van der Waals surface area contributed by atoms with Gasteiger partial charge in [-0.3, -0.25) is 4.79 Å². The Morgan fingerprint density at radius 2 is 2.16 bits per heavy atom. The zero-order valence-corrected chi connectivity index (χ0v) is 12.5. The SMILES string of the molecule is CCc1cccc(C)c1NC(=O)c1ccnc(Br)c1. The summed E-state index contributed by atoms with van der Waals surface area (Å²) in [6.45, 7) is 4.07. The molecule has 1 N–H and O–H groups in total. The number of para-hydroxylation sites is 1. The first-order valence-corrected chi connectivity index (χ1v) is 6.92. The van der Waals surface area contributed by atoms with Gasteiger partial charge in [0.05, 0.1) is 0 Å². The highest BCUT2D eigenvalue weighted by atomic mass is 79.9. The number of hydrogen-bond acceptors (Lipinski definition) is 2. The van der Waals surface area contributed by atoms with Gasteiger partial charge in [0.2, 0.25) is 0 Å². The van der Waals surface area contributed by atoms with Gasteiger partial charge in [0, 0.05) is 17.4 Å². The molecule has 0 saturated heterocycles. The highest BCUT2D eigenvalue weighted by Gasteiger charge is 2.10. The topological polar surface area (TPSA) is 42.0 Å². The molecule has 1 aromatic heterocycles. The molecular weight excluding hydrogens is 304 g/mol. The minimum atomic E-state index is -0.118. The molecule has 0 aliphatic heterocycles. The molecule has 1 aromatic carbocycles. The normalized spacial score (nSPS) is 10.3. The number of amides is 1. The van der Waals surface area contributed by atoms with Crippen LogP contribution in [0.1, 0.15) is 28.4 Å². The zero-order valence-electron chi connectivity index (χ0n) is 10.9. The number of halogens is 1. The highest BCUT2D eigenvalue weighted by molar-refractivity contribution is 9.10. The van der Waals surface area contributed by atoms with Gasteiger partial charge < -0.3 is 5.32 Å². The van der Waals surface area contributed by atoms with E-state index in [0.29, 0.717) is 10.2 Å². The van der Waals surface area contributed by atoms with Crippen molar-refractivity contribution in [3.8, 4) is 0 Å². The van der Waals surface area contributed by atoms with Crippen molar-refractivity contribution in [3.05, 3.63) is 57.8 Å². The van der Waals surface area contributed by atoms with Crippen LogP contribution in [0.5, 0.6) is 0 Å². The number of aryl methyl sites for hydroxylation is 2. The Morgan fingerprint density at radius 3 is 2.84 bits per heavy atom. The Kier molecular flexibility index (Phi) is 4.32. The molecule has 19 heavy (non-hydrogen) atoms. The van der Waals surface area contributed by atoms with Gasteiger partial charge >= 0.3 is 0 Å². The molecule has 0 aliphatic carbocycles. The smallest absolute Gasteiger partial charge is 0.255 e. The molecule has 3 nitrogen and oxygen atoms in total. The molecule has 0 atom stereocenters. The van der Waals surface area contributed by atoms with Crippen LogP contribution < -0.4 is 5.32 Å². The molecule has 98 valence electrons. The maximum atomic E-state index is 12.2. The van der Waals surface area contributed by atoms with E-state index in [1.807, 2.05) is 25.1 Å². The molecule has 1 amide bonds. The molecule has 0 unspecified atom stereocenters. The van der Waals surface area contributed by atoms with E-state index in [2.05, 4.69) is 33.2 Å². The lowest BCUT2D eigenvalue weighted by molar-refractivity contribution is 0.102. The summed E-state index contributed by atoms with van der Waals surface area (Å²) in [6, 6.07) is 9.44. The second-order valence-electron chi connectivity index (χ2n) is 4.28. The van der Waals surface area contributed by atoms with Gasteiger partial charge in [-0.2, -0.15) is 0 Å². The van der Waals surface area contributed by atoms with Gasteiger partial charge in [-0.15, -0.1) is 0 Å². The van der Waals surface area contributed by atoms with E-state index in [1.54, 1.807) is 18.3 Å². The molecular formula is C15H15BrN2O. The number of carbonyl (C=O) groups excluding carboxylic acids is 1. The summed E-state index contributed by atoms with van der Waals surface area (Å²) in [4.78, 5) is 16.2. The molecule has 4 heteroatoms. The Labute approximate surface area is 121 Å². The number of rotatable bonds is 3. The van der Waals surface area contributed by atoms with E-state index in [0.717, 1.165) is 23.2 Å². The third-order valence-corrected chi connectivity index (χ3v) is 3.40. The number of hydrogen-bond donors (Lipinski definition) is 1. The van der Waals surface area contributed by atoms with Gasteiger partial charge in [-0.05, 0) is 52.5 Å². The third-order valence-electron chi connectivity index (χ3n) is 2.97. The summed E-state index contributed by atoms with van der Waals surface area (Å²) in [5.74, 6) is -0.118. The fourth-order valence-electron chi connectivity index (χ4n) is 1.93. The molecule has 2 aromatic rings. The summed E-state index contributed by atoms with van der Waals surface area (Å²) >= 11 is 3.27. The van der Waals surface area contributed by atoms with Crippen LogP contribution in [0.15, 0.2) is 41.1 Å². The predicted octanol–water partition coefficient (Wildman–Crippen LogP) is 3.97. The van der Waals surface area contributed by atoms with Crippen LogP contribution in [0.2, 0.25) is 0 Å². The van der Waals surface area contributed by atoms with Gasteiger partial charge in [-0.25, -0.2) is 4.98 Å². The maximum absolute atomic E-state index is 12.2. The monoisotopic (exact) mass is 318 g/mol. The minimum absolute atomic E-state index is 0.118. The Hall–Kier alpha value is -1.68. The Morgan fingerprint density at radius 1 is 1.37 bits per heavy atom. The van der Waals surface area contributed by atoms with E-state index in [4.69, 9.17) is 0 Å². The van der Waals surface area contributed by atoms with Crippen LogP contribution >= 0.6 is 15.9 Å². The van der Waals surface area contributed by atoms with Crippen LogP contribution in [0.25, 0.3) is 0 Å². The average molecular weight is 319 g/mol. The van der Waals surface area contributed by atoms with E-state index in [-0.39, 0.29) is 5.91 Å². The van der Waals surface area contributed by atoms with Gasteiger partial charge in [0.1, 0.15) is 4.60 Å². The summed E-state index contributed by atoms with van der Waals surface area (Å²) in [5, 5.41) is 2.99. The van der Waals surface area contributed by atoms with Crippen molar-refractivity contribution in [1.29, 1.82) is 0 Å². The molecule has 1 heterocycles. The average Bonchev–Trinajstić information content (AvgIpc) is 2.41. The van der Waals surface area contributed by atoms with E-state index in [1.165, 1.54) is 0 Å². The van der Waals surface area contributed by atoms with E-state index in [9.17, 15) is 4.79 Å². The maximum Gasteiger partial charge on any atom is 0.255 e. The number of nitrogens with one attached hydrogen (secondary N) is 1. The van der Waals surface area contributed by atoms with Gasteiger partial charge in [0.15, 0.2) is 0 Å². The van der Waals surface area contributed by atoms with Crippen molar-refractivity contribution < 1.29 is 4.79 Å². The summed E-state index contributed by atoms with van der Waals surface area (Å²) in [7, 11) is 0. The fourth-order valence-corrected chi connectivity index (χ4v) is 2.30. The van der Waals surface area contributed by atoms with Gasteiger partial charge in [0.25, 0.3) is 5.91 Å². The fraction of sp³-hybridized carbons (Fsp3) is 0.200. The predicted molar refractivity (Wildman–Crippen MR) is 80.4 cm³/mol. The van der Waals surface area contributed by atoms with Crippen molar-refractivity contribution >= 4 is 27.5 Å². The first-order chi connectivity index (χ1) is 9.11. The number of aromatic nitrogens is 1. The standard InChI is InChI=1S/C15H15BrN2O/c1-3-11-6-4-5-10(2)14(11)18-15(19)12-7-8-17-13(16)9-12/h4-9H,3H2,1-2H3,(H,18,19). The molecule has 0 radical (unpaired) electrons. The van der Waals surface area contributed by atoms with Crippen LogP contribution in [-0.4, -0.2) is 10.9 Å². The molecule has 0 bridgehead atoms. The highest BCUT2D eigenvalue weighted by Crippen LogP contribution is 2.22. The lowest BCUT2D eigenvalue weighted by Crippen LogP contribution is -2.14. The van der Waals surface area contributed by atoms with Crippen LogP contribution in [0.4, 0.5) is 5.69 Å². The second-order valence-corrected chi connectivity index (χ2v) is 5.10. The number of anilines is 1. The molecule has 0 saturated carbocycles. The van der Waals surface area contributed by atoms with Crippen molar-refractivity contribution in [2.75, 3.05) is 5.32 Å². The van der Waals surface area contributed by atoms with Crippen LogP contribution in [-0.2, 0) is 6.42 Å². The Bertz CT molecular complexity index is 611. The number of benzene rings is 1. The summed E-state index contributed by atoms with van der Waals surface area (Å²) in [5.41, 5.74) is 3.71. The van der Waals surface area contributed by atoms with Crippen molar-refractivity contribution in [1.82, 2.24) is 4.98 Å². The Balaban J connectivity index is 2.29. The lowest BCUT2D eigenvalue weighted by atomic mass is 10.1. The van der Waals surface area contributed by atoms with Crippen LogP contribution in [0.3, 0.4) is 0 Å². The number of carbonyl (C=O) groups is 1. The van der Waals surface area contributed by atoms with Crippen LogP contribution in [0, 0.1) is 6.92 Å². The summed E-state index contributed by atoms with van der Waals surface area (Å²) < 4.78 is 0.653. The number of nitrogens with zero attached hydrogens (tertiary/aromatic N) is 1. The molecule has 0 aliphatic rings. The first-order valence-electron chi connectivity index (χ1n) is 6.13. The van der Waals surface area contributed by atoms with Crippen molar-refractivity contribution in [2.45, 2.75) is 20.3 Å². The van der Waals surface area contributed by atoms with Crippen molar-refractivity contribution in [2.24, 2.45) is 0 Å². The van der Waals surface area contributed by atoms with Gasteiger partial charge in [-0.1, -0.05) is 25.1 Å². The molecule has 0 spiro atoms. The van der Waals surface area contributed by atoms with E-state index < -0.39 is 0 Å². The quantitative estimate of drug-likeness (QED) is 0.870. The molecule has 2 rings (SSSR count). The largest absolute Gasteiger partial charge is 0.321 e. The first kappa shape index (κ1) is 13.7. The van der Waals surface area contributed by atoms with E-state index >= 15 is 0 Å². The van der Waals surface area contributed by atoms with Crippen molar-refractivity contribution in [3.63, 3.8) is 0 Å². The third kappa shape index (κ3) is 3.20. The summed E-state index contributed by atoms with van der Waals surface area (Å²) in [6.07, 6.45) is 2.49.